The molecule has 2 amide bonds. The van der Waals surface area contributed by atoms with E-state index in [9.17, 15) is 18.0 Å². The molecule has 0 fully saturated rings. The van der Waals surface area contributed by atoms with Crippen LogP contribution >= 0.6 is 0 Å². The van der Waals surface area contributed by atoms with Gasteiger partial charge in [0.1, 0.15) is 17.5 Å². The summed E-state index contributed by atoms with van der Waals surface area (Å²) in [4.78, 5) is 25.7. The maximum absolute atomic E-state index is 13.0. The molecule has 0 saturated heterocycles. The molecule has 2 N–H and O–H groups in total. The third kappa shape index (κ3) is 5.77. The number of rotatable bonds is 9. The molecule has 0 spiro atoms. The summed E-state index contributed by atoms with van der Waals surface area (Å²) in [5.74, 6) is -0.256. The van der Waals surface area contributed by atoms with Gasteiger partial charge >= 0.3 is 0 Å². The molecule has 2 aromatic carbocycles. The lowest BCUT2D eigenvalue weighted by atomic mass is 10.0. The Balaban J connectivity index is 2.28. The summed E-state index contributed by atoms with van der Waals surface area (Å²) in [5.41, 5.74) is 0.561. The second-order valence-corrected chi connectivity index (χ2v) is 9.71. The normalized spacial score (nSPS) is 12.4. The minimum absolute atomic E-state index is 0.00182. The minimum atomic E-state index is -3.71. The average molecular weight is 464 g/mol. The number of anilines is 1. The first-order chi connectivity index (χ1) is 15.0. The highest BCUT2D eigenvalue weighted by Crippen LogP contribution is 2.29. The Morgan fingerprint density at radius 3 is 2.09 bits per heavy atom. The Hall–Kier alpha value is -3.11. The highest BCUT2D eigenvalue weighted by molar-refractivity contribution is 7.89. The highest BCUT2D eigenvalue weighted by Gasteiger charge is 2.27. The van der Waals surface area contributed by atoms with Gasteiger partial charge < -0.3 is 20.1 Å². The van der Waals surface area contributed by atoms with Gasteiger partial charge in [0.05, 0.1) is 24.8 Å². The molecule has 2 aromatic rings. The lowest BCUT2D eigenvalue weighted by Gasteiger charge is -2.23. The number of carbonyl (C=O) groups is 2. The summed E-state index contributed by atoms with van der Waals surface area (Å²) in [7, 11) is 2.07. The van der Waals surface area contributed by atoms with Crippen molar-refractivity contribution in [1.29, 1.82) is 0 Å². The van der Waals surface area contributed by atoms with Crippen LogP contribution in [0.3, 0.4) is 0 Å². The van der Waals surface area contributed by atoms with Crippen LogP contribution in [0, 0.1) is 5.92 Å². The second-order valence-electron chi connectivity index (χ2n) is 7.56. The van der Waals surface area contributed by atoms with E-state index < -0.39 is 27.9 Å². The second kappa shape index (κ2) is 10.5. The van der Waals surface area contributed by atoms with E-state index in [0.29, 0.717) is 17.1 Å². The standard InChI is InChI=1S/C22H29N3O6S/c1-14(2)20(24-21(26)15-7-9-16(30-5)10-8-15)22(27)23-18-13-17(11-12-19(18)31-6)32(28,29)25(3)4/h7-14,20H,1-6H3,(H,23,27)(H,24,26). The largest absolute Gasteiger partial charge is 0.497 e. The van der Waals surface area contributed by atoms with E-state index in [-0.39, 0.29) is 16.5 Å². The van der Waals surface area contributed by atoms with E-state index in [1.807, 2.05) is 0 Å². The smallest absolute Gasteiger partial charge is 0.251 e. The molecular weight excluding hydrogens is 434 g/mol. The van der Waals surface area contributed by atoms with Crippen molar-refractivity contribution in [3.05, 3.63) is 48.0 Å². The summed E-state index contributed by atoms with van der Waals surface area (Å²) in [6, 6.07) is 9.82. The number of benzene rings is 2. The van der Waals surface area contributed by atoms with Crippen molar-refractivity contribution >= 4 is 27.5 Å². The zero-order chi connectivity index (χ0) is 24.1. The van der Waals surface area contributed by atoms with Crippen molar-refractivity contribution in [3.63, 3.8) is 0 Å². The molecule has 2 rings (SSSR count). The molecule has 1 atom stereocenters. The maximum atomic E-state index is 13.0. The highest BCUT2D eigenvalue weighted by atomic mass is 32.2. The zero-order valence-electron chi connectivity index (χ0n) is 19.0. The molecule has 0 radical (unpaired) electrons. The van der Waals surface area contributed by atoms with E-state index in [2.05, 4.69) is 10.6 Å². The molecule has 0 aliphatic rings. The summed E-state index contributed by atoms with van der Waals surface area (Å²) in [6.07, 6.45) is 0. The Morgan fingerprint density at radius 2 is 1.59 bits per heavy atom. The fraction of sp³-hybridized carbons (Fsp3) is 0.364. The van der Waals surface area contributed by atoms with Crippen molar-refractivity contribution < 1.29 is 27.5 Å². The number of carbonyl (C=O) groups excluding carboxylic acids is 2. The van der Waals surface area contributed by atoms with Crippen molar-refractivity contribution in [3.8, 4) is 11.5 Å². The van der Waals surface area contributed by atoms with E-state index in [4.69, 9.17) is 9.47 Å². The molecular formula is C22H29N3O6S. The Labute approximate surface area is 188 Å². The number of sulfonamides is 1. The number of hydrogen-bond donors (Lipinski definition) is 2. The summed E-state index contributed by atoms with van der Waals surface area (Å²) in [6.45, 7) is 3.59. The lowest BCUT2D eigenvalue weighted by Crippen LogP contribution is -2.47. The topological polar surface area (TPSA) is 114 Å². The number of ether oxygens (including phenoxy) is 2. The van der Waals surface area contributed by atoms with Crippen LogP contribution in [0.4, 0.5) is 5.69 Å². The molecule has 174 valence electrons. The molecule has 9 nitrogen and oxygen atoms in total. The van der Waals surface area contributed by atoms with E-state index in [1.165, 1.54) is 46.5 Å². The van der Waals surface area contributed by atoms with Gasteiger partial charge in [0.15, 0.2) is 0 Å². The van der Waals surface area contributed by atoms with Crippen LogP contribution in [0.1, 0.15) is 24.2 Å². The molecule has 0 saturated carbocycles. The van der Waals surface area contributed by atoms with Gasteiger partial charge in [-0.25, -0.2) is 12.7 Å². The number of hydrogen-bond acceptors (Lipinski definition) is 6. The maximum Gasteiger partial charge on any atom is 0.251 e. The average Bonchev–Trinajstić information content (AvgIpc) is 2.76. The van der Waals surface area contributed by atoms with Crippen LogP contribution in [0.5, 0.6) is 11.5 Å². The fourth-order valence-electron chi connectivity index (χ4n) is 2.87. The number of nitrogens with one attached hydrogen (secondary N) is 2. The van der Waals surface area contributed by atoms with E-state index in [0.717, 1.165) is 4.31 Å². The summed E-state index contributed by atoms with van der Waals surface area (Å²) < 4.78 is 36.4. The Bertz CT molecular complexity index is 1070. The molecule has 0 aliphatic carbocycles. The van der Waals surface area contributed by atoms with E-state index >= 15 is 0 Å². The number of methoxy groups -OCH3 is 2. The fourth-order valence-corrected chi connectivity index (χ4v) is 3.80. The Morgan fingerprint density at radius 1 is 0.969 bits per heavy atom. The lowest BCUT2D eigenvalue weighted by molar-refractivity contribution is -0.118. The van der Waals surface area contributed by atoms with Crippen LogP contribution < -0.4 is 20.1 Å². The van der Waals surface area contributed by atoms with Gasteiger partial charge in [0.25, 0.3) is 5.91 Å². The molecule has 1 unspecified atom stereocenters. The van der Waals surface area contributed by atoms with E-state index in [1.54, 1.807) is 38.1 Å². The first-order valence-electron chi connectivity index (χ1n) is 9.87. The van der Waals surface area contributed by atoms with Crippen molar-refractivity contribution in [1.82, 2.24) is 9.62 Å². The van der Waals surface area contributed by atoms with Crippen LogP contribution in [-0.2, 0) is 14.8 Å². The van der Waals surface area contributed by atoms with Crippen LogP contribution in [0.15, 0.2) is 47.4 Å². The van der Waals surface area contributed by atoms with Gasteiger partial charge in [-0.15, -0.1) is 0 Å². The zero-order valence-corrected chi connectivity index (χ0v) is 19.8. The van der Waals surface area contributed by atoms with Crippen molar-refractivity contribution in [2.24, 2.45) is 5.92 Å². The summed E-state index contributed by atoms with van der Waals surface area (Å²) >= 11 is 0. The van der Waals surface area contributed by atoms with Crippen LogP contribution in [0.2, 0.25) is 0 Å². The molecule has 0 bridgehead atoms. The predicted octanol–water partition coefficient (Wildman–Crippen LogP) is 2.35. The third-order valence-electron chi connectivity index (χ3n) is 4.80. The quantitative estimate of drug-likeness (QED) is 0.590. The molecule has 0 aliphatic heterocycles. The van der Waals surface area contributed by atoms with Gasteiger partial charge in [0, 0.05) is 19.7 Å². The SMILES string of the molecule is COc1ccc(C(=O)NC(C(=O)Nc2cc(S(=O)(=O)N(C)C)ccc2OC)C(C)C)cc1. The molecule has 0 heterocycles. The van der Waals surface area contributed by atoms with Gasteiger partial charge in [-0.05, 0) is 48.4 Å². The van der Waals surface area contributed by atoms with Crippen LogP contribution in [-0.4, -0.2) is 58.9 Å². The monoisotopic (exact) mass is 463 g/mol. The number of amides is 2. The predicted molar refractivity (Wildman–Crippen MR) is 122 cm³/mol. The van der Waals surface area contributed by atoms with Crippen molar-refractivity contribution in [2.45, 2.75) is 24.8 Å². The molecule has 32 heavy (non-hydrogen) atoms. The molecule has 10 heteroatoms. The van der Waals surface area contributed by atoms with Gasteiger partial charge in [0.2, 0.25) is 15.9 Å². The van der Waals surface area contributed by atoms with Gasteiger partial charge in [-0.3, -0.25) is 9.59 Å². The first kappa shape index (κ1) is 25.2. The van der Waals surface area contributed by atoms with Gasteiger partial charge in [-0.2, -0.15) is 0 Å². The van der Waals surface area contributed by atoms with Crippen molar-refractivity contribution in [2.75, 3.05) is 33.6 Å². The van der Waals surface area contributed by atoms with Gasteiger partial charge in [-0.1, -0.05) is 13.8 Å². The summed E-state index contributed by atoms with van der Waals surface area (Å²) in [5, 5.41) is 5.42. The molecule has 0 aromatic heterocycles. The number of nitrogens with zero attached hydrogens (tertiary/aromatic N) is 1. The Kier molecular flexibility index (Phi) is 8.23. The minimum Gasteiger partial charge on any atom is -0.497 e. The third-order valence-corrected chi connectivity index (χ3v) is 6.61. The van der Waals surface area contributed by atoms with Crippen LogP contribution in [0.25, 0.3) is 0 Å². The first-order valence-corrected chi connectivity index (χ1v) is 11.3.